The summed E-state index contributed by atoms with van der Waals surface area (Å²) in [7, 11) is 0. The molecule has 0 unspecified atom stereocenters. The molecule has 3 rings (SSSR count). The van der Waals surface area contributed by atoms with E-state index in [1.165, 1.54) is 6.07 Å². The largest absolute Gasteiger partial charge is 0.458 e. The van der Waals surface area contributed by atoms with Crippen LogP contribution in [0.3, 0.4) is 0 Å². The predicted octanol–water partition coefficient (Wildman–Crippen LogP) is 3.44. The number of carbonyl (C=O) groups is 2. The number of esters is 1. The Hall–Kier alpha value is -1.56. The summed E-state index contributed by atoms with van der Waals surface area (Å²) < 4.78 is 19.0. The van der Waals surface area contributed by atoms with E-state index in [4.69, 9.17) is 4.74 Å². The lowest BCUT2D eigenvalue weighted by atomic mass is 9.85. The Labute approximate surface area is 151 Å². The summed E-state index contributed by atoms with van der Waals surface area (Å²) in [6.07, 6.45) is 4.66. The normalized spacial score (nSPS) is 21.5. The molecule has 1 atom stereocenters. The van der Waals surface area contributed by atoms with Gasteiger partial charge in [0.2, 0.25) is 5.91 Å². The minimum atomic E-state index is -0.541. The van der Waals surface area contributed by atoms with Gasteiger partial charge in [-0.3, -0.25) is 9.59 Å². The van der Waals surface area contributed by atoms with Crippen LogP contribution in [0.1, 0.15) is 44.1 Å². The molecule has 0 bridgehead atoms. The Kier molecular flexibility index (Phi) is 5.99. The maximum atomic E-state index is 13.5. The van der Waals surface area contributed by atoms with Gasteiger partial charge in [-0.2, -0.15) is 11.8 Å². The number of ether oxygens (including phenoxy) is 1. The molecule has 4 nitrogen and oxygen atoms in total. The van der Waals surface area contributed by atoms with E-state index in [1.54, 1.807) is 23.9 Å². The lowest BCUT2D eigenvalue weighted by molar-refractivity contribution is -0.149. The number of rotatable bonds is 7. The molecular weight excluding hydrogens is 341 g/mol. The number of carbonyl (C=O) groups excluding carboxylic acids is 2. The van der Waals surface area contributed by atoms with E-state index >= 15 is 0 Å². The Bertz CT molecular complexity index is 631. The van der Waals surface area contributed by atoms with Gasteiger partial charge >= 0.3 is 5.97 Å². The second-order valence-corrected chi connectivity index (χ2v) is 7.90. The third-order valence-electron chi connectivity index (χ3n) is 5.07. The first kappa shape index (κ1) is 18.2. The quantitative estimate of drug-likeness (QED) is 0.594. The predicted molar refractivity (Wildman–Crippen MR) is 95.6 cm³/mol. The van der Waals surface area contributed by atoms with Gasteiger partial charge in [0, 0.05) is 12.3 Å². The van der Waals surface area contributed by atoms with Crippen molar-refractivity contribution in [3.8, 4) is 0 Å². The van der Waals surface area contributed by atoms with Crippen molar-refractivity contribution in [2.75, 3.05) is 12.3 Å². The van der Waals surface area contributed by atoms with Gasteiger partial charge in [0.15, 0.2) is 0 Å². The zero-order valence-corrected chi connectivity index (χ0v) is 15.1. The third kappa shape index (κ3) is 4.35. The van der Waals surface area contributed by atoms with Gasteiger partial charge in [-0.15, -0.1) is 0 Å². The molecule has 1 saturated heterocycles. The van der Waals surface area contributed by atoms with Crippen LogP contribution >= 0.6 is 11.8 Å². The minimum absolute atomic E-state index is 0.0631. The first-order valence-corrected chi connectivity index (χ1v) is 10.1. The molecule has 1 saturated carbocycles. The van der Waals surface area contributed by atoms with Crippen LogP contribution in [0.15, 0.2) is 24.3 Å². The molecule has 1 aromatic carbocycles. The highest BCUT2D eigenvalue weighted by Gasteiger charge is 2.53. The summed E-state index contributed by atoms with van der Waals surface area (Å²) in [6.45, 7) is 0.573. The number of hydrogen-bond acceptors (Lipinski definition) is 4. The number of benzene rings is 1. The fraction of sp³-hybridized carbons (Fsp3) is 0.579. The second-order valence-electron chi connectivity index (χ2n) is 6.79. The summed E-state index contributed by atoms with van der Waals surface area (Å²) in [4.78, 5) is 24.1. The number of nitrogens with one attached hydrogen (secondary N) is 1. The fourth-order valence-corrected chi connectivity index (χ4v) is 4.70. The summed E-state index contributed by atoms with van der Waals surface area (Å²) >= 11 is 1.65. The maximum Gasteiger partial charge on any atom is 0.307 e. The van der Waals surface area contributed by atoms with Crippen molar-refractivity contribution >= 4 is 23.6 Å². The number of halogens is 1. The van der Waals surface area contributed by atoms with Gasteiger partial charge in [0.1, 0.15) is 11.4 Å². The molecule has 6 heteroatoms. The highest BCUT2D eigenvalue weighted by molar-refractivity contribution is 7.98. The van der Waals surface area contributed by atoms with E-state index in [-0.39, 0.29) is 30.0 Å². The van der Waals surface area contributed by atoms with Crippen LogP contribution in [-0.2, 0) is 20.1 Å². The SMILES string of the molecule is O=C1C[C@H](C(=O)NCCCSCc2ccccc2F)C2(CCCC2)O1. The zero-order chi connectivity index (χ0) is 17.7. The number of thioether (sulfide) groups is 1. The molecule has 1 N–H and O–H groups in total. The topological polar surface area (TPSA) is 55.4 Å². The van der Waals surface area contributed by atoms with E-state index in [9.17, 15) is 14.0 Å². The summed E-state index contributed by atoms with van der Waals surface area (Å²) in [6, 6.07) is 6.79. The monoisotopic (exact) mass is 365 g/mol. The summed E-state index contributed by atoms with van der Waals surface area (Å²) in [5.41, 5.74) is 0.169. The molecule has 2 fully saturated rings. The Balaban J connectivity index is 1.37. The van der Waals surface area contributed by atoms with E-state index < -0.39 is 5.60 Å². The van der Waals surface area contributed by atoms with Gasteiger partial charge < -0.3 is 10.1 Å². The molecule has 1 aliphatic carbocycles. The van der Waals surface area contributed by atoms with Crippen molar-refractivity contribution in [1.29, 1.82) is 0 Å². The molecule has 1 heterocycles. The van der Waals surface area contributed by atoms with Crippen LogP contribution in [0.2, 0.25) is 0 Å². The molecule has 1 amide bonds. The minimum Gasteiger partial charge on any atom is -0.458 e. The van der Waals surface area contributed by atoms with E-state index in [1.807, 2.05) is 6.07 Å². The zero-order valence-electron chi connectivity index (χ0n) is 14.3. The Morgan fingerprint density at radius 2 is 2.08 bits per heavy atom. The molecule has 136 valence electrons. The van der Waals surface area contributed by atoms with Crippen LogP contribution in [0.5, 0.6) is 0 Å². The molecule has 0 aromatic heterocycles. The number of hydrogen-bond donors (Lipinski definition) is 1. The van der Waals surface area contributed by atoms with E-state index in [0.717, 1.165) is 37.9 Å². The van der Waals surface area contributed by atoms with Crippen LogP contribution in [-0.4, -0.2) is 29.8 Å². The van der Waals surface area contributed by atoms with Crippen molar-refractivity contribution in [3.05, 3.63) is 35.6 Å². The molecule has 1 aliphatic heterocycles. The lowest BCUT2D eigenvalue weighted by Crippen LogP contribution is -2.43. The Morgan fingerprint density at radius 1 is 1.32 bits per heavy atom. The Morgan fingerprint density at radius 3 is 2.84 bits per heavy atom. The fourth-order valence-electron chi connectivity index (χ4n) is 3.75. The average molecular weight is 365 g/mol. The van der Waals surface area contributed by atoms with Gasteiger partial charge in [0.25, 0.3) is 0 Å². The molecule has 25 heavy (non-hydrogen) atoms. The lowest BCUT2D eigenvalue weighted by Gasteiger charge is -2.27. The highest BCUT2D eigenvalue weighted by atomic mass is 32.2. The van der Waals surface area contributed by atoms with Crippen molar-refractivity contribution in [1.82, 2.24) is 5.32 Å². The van der Waals surface area contributed by atoms with Gasteiger partial charge in [0.05, 0.1) is 12.3 Å². The first-order valence-electron chi connectivity index (χ1n) is 8.91. The molecule has 0 radical (unpaired) electrons. The van der Waals surface area contributed by atoms with Gasteiger partial charge in [-0.1, -0.05) is 18.2 Å². The molecule has 1 aromatic rings. The van der Waals surface area contributed by atoms with E-state index in [0.29, 0.717) is 17.9 Å². The molecule has 2 aliphatic rings. The van der Waals surface area contributed by atoms with Crippen molar-refractivity contribution in [3.63, 3.8) is 0 Å². The molecule has 1 spiro atoms. The summed E-state index contributed by atoms with van der Waals surface area (Å²) in [5.74, 6) is 0.660. The smallest absolute Gasteiger partial charge is 0.307 e. The van der Waals surface area contributed by atoms with Gasteiger partial charge in [-0.25, -0.2) is 4.39 Å². The van der Waals surface area contributed by atoms with Gasteiger partial charge in [-0.05, 0) is 49.5 Å². The summed E-state index contributed by atoms with van der Waals surface area (Å²) in [5, 5.41) is 2.95. The van der Waals surface area contributed by atoms with Crippen LogP contribution < -0.4 is 5.32 Å². The van der Waals surface area contributed by atoms with Crippen LogP contribution in [0, 0.1) is 11.7 Å². The van der Waals surface area contributed by atoms with E-state index in [2.05, 4.69) is 5.32 Å². The van der Waals surface area contributed by atoms with Crippen molar-refractivity contribution in [2.24, 2.45) is 5.92 Å². The first-order chi connectivity index (χ1) is 12.1. The average Bonchev–Trinajstić information content (AvgIpc) is 3.19. The van der Waals surface area contributed by atoms with Crippen molar-refractivity contribution < 1.29 is 18.7 Å². The standard InChI is InChI=1S/C19H24FNO3S/c20-16-7-2-1-6-14(16)13-25-11-5-10-21-18(23)15-12-17(22)24-19(15)8-3-4-9-19/h1-2,6-7,15H,3-5,8-13H2,(H,21,23)/t15-/m1/s1. The van der Waals surface area contributed by atoms with Crippen LogP contribution in [0.25, 0.3) is 0 Å². The third-order valence-corrected chi connectivity index (χ3v) is 6.16. The highest BCUT2D eigenvalue weighted by Crippen LogP contribution is 2.45. The van der Waals surface area contributed by atoms with Crippen LogP contribution in [0.4, 0.5) is 4.39 Å². The maximum absolute atomic E-state index is 13.5. The second kappa shape index (κ2) is 8.21. The molecular formula is C19H24FNO3S. The number of amides is 1. The van der Waals surface area contributed by atoms with Crippen molar-refractivity contribution in [2.45, 2.75) is 49.9 Å².